The van der Waals surface area contributed by atoms with Crippen molar-refractivity contribution in [3.8, 4) is 5.75 Å². The standard InChI is InChI=1S/C13H18FNO3/c14-11-1-3-12(4-2-11)18-10-13-9-15(5-7-16)6-8-17-13/h1-4,13,16H,5-10H2/t13-/m1/s1. The SMILES string of the molecule is OCCN1CCO[C@@H](COc2ccc(F)cc2)C1. The zero-order valence-corrected chi connectivity index (χ0v) is 10.2. The molecule has 0 spiro atoms. The van der Waals surface area contributed by atoms with Crippen LogP contribution in [0.4, 0.5) is 4.39 Å². The van der Waals surface area contributed by atoms with Gasteiger partial charge >= 0.3 is 0 Å². The monoisotopic (exact) mass is 255 g/mol. The normalized spacial score (nSPS) is 20.9. The Labute approximate surface area is 106 Å². The summed E-state index contributed by atoms with van der Waals surface area (Å²) in [7, 11) is 0. The maximum absolute atomic E-state index is 12.7. The Balaban J connectivity index is 1.77. The van der Waals surface area contributed by atoms with Gasteiger partial charge in [-0.05, 0) is 24.3 Å². The summed E-state index contributed by atoms with van der Waals surface area (Å²) in [6.45, 7) is 3.50. The van der Waals surface area contributed by atoms with Crippen LogP contribution in [0, 0.1) is 5.82 Å². The number of hydrogen-bond donors (Lipinski definition) is 1. The molecule has 100 valence electrons. The van der Waals surface area contributed by atoms with E-state index in [4.69, 9.17) is 14.6 Å². The van der Waals surface area contributed by atoms with E-state index in [1.54, 1.807) is 12.1 Å². The van der Waals surface area contributed by atoms with Gasteiger partial charge in [-0.2, -0.15) is 0 Å². The lowest BCUT2D eigenvalue weighted by Gasteiger charge is -2.32. The third kappa shape index (κ3) is 3.94. The van der Waals surface area contributed by atoms with Crippen LogP contribution in [-0.4, -0.2) is 55.6 Å². The molecule has 1 aromatic carbocycles. The van der Waals surface area contributed by atoms with Crippen LogP contribution in [0.1, 0.15) is 0 Å². The number of hydrogen-bond acceptors (Lipinski definition) is 4. The quantitative estimate of drug-likeness (QED) is 0.848. The number of rotatable bonds is 5. The molecule has 1 atom stereocenters. The van der Waals surface area contributed by atoms with Crippen LogP contribution in [-0.2, 0) is 4.74 Å². The molecule has 5 heteroatoms. The van der Waals surface area contributed by atoms with E-state index in [0.29, 0.717) is 25.5 Å². The highest BCUT2D eigenvalue weighted by Gasteiger charge is 2.20. The fourth-order valence-electron chi connectivity index (χ4n) is 1.95. The Morgan fingerprint density at radius 3 is 2.89 bits per heavy atom. The van der Waals surface area contributed by atoms with Crippen molar-refractivity contribution in [3.05, 3.63) is 30.1 Å². The highest BCUT2D eigenvalue weighted by molar-refractivity contribution is 5.22. The van der Waals surface area contributed by atoms with E-state index in [1.807, 2.05) is 0 Å². The molecule has 0 bridgehead atoms. The first-order valence-corrected chi connectivity index (χ1v) is 6.11. The number of nitrogens with zero attached hydrogens (tertiary/aromatic N) is 1. The van der Waals surface area contributed by atoms with Gasteiger partial charge < -0.3 is 14.6 Å². The van der Waals surface area contributed by atoms with E-state index >= 15 is 0 Å². The predicted molar refractivity (Wildman–Crippen MR) is 65.2 cm³/mol. The first-order chi connectivity index (χ1) is 8.78. The topological polar surface area (TPSA) is 41.9 Å². The second-order valence-corrected chi connectivity index (χ2v) is 4.28. The fraction of sp³-hybridized carbons (Fsp3) is 0.538. The van der Waals surface area contributed by atoms with Gasteiger partial charge in [-0.1, -0.05) is 0 Å². The fourth-order valence-corrected chi connectivity index (χ4v) is 1.95. The van der Waals surface area contributed by atoms with Crippen LogP contribution in [0.2, 0.25) is 0 Å². The maximum atomic E-state index is 12.7. The largest absolute Gasteiger partial charge is 0.491 e. The minimum absolute atomic E-state index is 0.00430. The molecular weight excluding hydrogens is 237 g/mol. The molecular formula is C13H18FNO3. The number of aliphatic hydroxyl groups excluding tert-OH is 1. The van der Waals surface area contributed by atoms with Crippen molar-refractivity contribution < 1.29 is 19.0 Å². The summed E-state index contributed by atoms with van der Waals surface area (Å²) in [5.74, 6) is 0.365. The van der Waals surface area contributed by atoms with E-state index in [-0.39, 0.29) is 18.5 Å². The number of benzene rings is 1. The van der Waals surface area contributed by atoms with Gasteiger partial charge in [0.25, 0.3) is 0 Å². The molecule has 4 nitrogen and oxygen atoms in total. The number of halogens is 1. The highest BCUT2D eigenvalue weighted by atomic mass is 19.1. The van der Waals surface area contributed by atoms with Gasteiger partial charge in [-0.3, -0.25) is 4.90 Å². The number of ether oxygens (including phenoxy) is 2. The Hall–Kier alpha value is -1.17. The van der Waals surface area contributed by atoms with Gasteiger partial charge in [0, 0.05) is 19.6 Å². The number of β-amino-alcohol motifs (C(OH)–C–C–N with tert-alkyl or cyclic N) is 1. The summed E-state index contributed by atoms with van der Waals surface area (Å²) in [4.78, 5) is 2.14. The van der Waals surface area contributed by atoms with Crippen molar-refractivity contribution in [1.29, 1.82) is 0 Å². The first kappa shape index (κ1) is 13.3. The Kier molecular flexibility index (Phi) is 4.92. The summed E-state index contributed by atoms with van der Waals surface area (Å²) in [6, 6.07) is 5.94. The molecule has 1 aliphatic rings. The summed E-state index contributed by atoms with van der Waals surface area (Å²) >= 11 is 0. The summed E-state index contributed by atoms with van der Waals surface area (Å²) in [5.41, 5.74) is 0. The lowest BCUT2D eigenvalue weighted by Crippen LogP contribution is -2.45. The Morgan fingerprint density at radius 2 is 2.17 bits per heavy atom. The number of aliphatic hydroxyl groups is 1. The van der Waals surface area contributed by atoms with E-state index < -0.39 is 0 Å². The maximum Gasteiger partial charge on any atom is 0.123 e. The molecule has 1 saturated heterocycles. The Morgan fingerprint density at radius 1 is 1.39 bits per heavy atom. The highest BCUT2D eigenvalue weighted by Crippen LogP contribution is 2.13. The molecule has 1 aliphatic heterocycles. The van der Waals surface area contributed by atoms with Gasteiger partial charge in [-0.15, -0.1) is 0 Å². The van der Waals surface area contributed by atoms with E-state index in [0.717, 1.165) is 13.1 Å². The van der Waals surface area contributed by atoms with E-state index in [9.17, 15) is 4.39 Å². The molecule has 0 unspecified atom stereocenters. The van der Waals surface area contributed by atoms with Crippen LogP contribution in [0.25, 0.3) is 0 Å². The third-order valence-electron chi connectivity index (χ3n) is 2.89. The van der Waals surface area contributed by atoms with Crippen LogP contribution in [0.3, 0.4) is 0 Å². The summed E-state index contributed by atoms with van der Waals surface area (Å²) < 4.78 is 23.8. The molecule has 1 heterocycles. The van der Waals surface area contributed by atoms with Crippen molar-refractivity contribution in [2.24, 2.45) is 0 Å². The second kappa shape index (κ2) is 6.68. The van der Waals surface area contributed by atoms with Crippen LogP contribution in [0.5, 0.6) is 5.75 Å². The predicted octanol–water partition coefficient (Wildman–Crippen LogP) is 0.898. The smallest absolute Gasteiger partial charge is 0.123 e. The molecule has 0 radical (unpaired) electrons. The zero-order valence-electron chi connectivity index (χ0n) is 10.2. The van der Waals surface area contributed by atoms with Crippen molar-refractivity contribution in [2.45, 2.75) is 6.10 Å². The molecule has 1 fully saturated rings. The molecule has 1 aromatic rings. The van der Waals surface area contributed by atoms with Gasteiger partial charge in [-0.25, -0.2) is 4.39 Å². The van der Waals surface area contributed by atoms with Gasteiger partial charge in [0.05, 0.1) is 13.2 Å². The lowest BCUT2D eigenvalue weighted by atomic mass is 10.3. The molecule has 0 amide bonds. The van der Waals surface area contributed by atoms with Crippen LogP contribution < -0.4 is 4.74 Å². The molecule has 2 rings (SSSR count). The van der Waals surface area contributed by atoms with Crippen molar-refractivity contribution in [3.63, 3.8) is 0 Å². The van der Waals surface area contributed by atoms with Crippen molar-refractivity contribution in [1.82, 2.24) is 4.90 Å². The van der Waals surface area contributed by atoms with Gasteiger partial charge in [0.2, 0.25) is 0 Å². The molecule has 0 aromatic heterocycles. The van der Waals surface area contributed by atoms with Gasteiger partial charge in [0.15, 0.2) is 0 Å². The molecule has 0 aliphatic carbocycles. The minimum atomic E-state index is -0.273. The summed E-state index contributed by atoms with van der Waals surface area (Å²) in [6.07, 6.45) is -0.00430. The molecule has 1 N–H and O–H groups in total. The number of morpholine rings is 1. The average molecular weight is 255 g/mol. The second-order valence-electron chi connectivity index (χ2n) is 4.28. The Bertz CT molecular complexity index is 356. The molecule has 18 heavy (non-hydrogen) atoms. The third-order valence-corrected chi connectivity index (χ3v) is 2.89. The summed E-state index contributed by atoms with van der Waals surface area (Å²) in [5, 5.41) is 8.89. The lowest BCUT2D eigenvalue weighted by molar-refractivity contribution is -0.0508. The van der Waals surface area contributed by atoms with E-state index in [2.05, 4.69) is 4.90 Å². The van der Waals surface area contributed by atoms with Crippen LogP contribution in [0.15, 0.2) is 24.3 Å². The van der Waals surface area contributed by atoms with E-state index in [1.165, 1.54) is 12.1 Å². The first-order valence-electron chi connectivity index (χ1n) is 6.11. The minimum Gasteiger partial charge on any atom is -0.491 e. The van der Waals surface area contributed by atoms with Crippen molar-refractivity contribution in [2.75, 3.05) is 39.5 Å². The van der Waals surface area contributed by atoms with Gasteiger partial charge in [0.1, 0.15) is 24.3 Å². The average Bonchev–Trinajstić information content (AvgIpc) is 2.39. The zero-order chi connectivity index (χ0) is 12.8. The van der Waals surface area contributed by atoms with Crippen molar-refractivity contribution >= 4 is 0 Å². The van der Waals surface area contributed by atoms with Crippen LogP contribution >= 0.6 is 0 Å². The molecule has 0 saturated carbocycles.